The van der Waals surface area contributed by atoms with Crippen molar-refractivity contribution in [3.8, 4) is 5.75 Å². The number of hydrogen-bond donors (Lipinski definition) is 1. The lowest BCUT2D eigenvalue weighted by Gasteiger charge is -2.17. The van der Waals surface area contributed by atoms with E-state index in [9.17, 15) is 0 Å². The van der Waals surface area contributed by atoms with Crippen LogP contribution in [-0.4, -0.2) is 22.2 Å². The first-order chi connectivity index (χ1) is 10.1. The number of benzene rings is 1. The predicted octanol–water partition coefficient (Wildman–Crippen LogP) is 3.99. The van der Waals surface area contributed by atoms with Crippen LogP contribution in [0.5, 0.6) is 5.75 Å². The van der Waals surface area contributed by atoms with E-state index in [2.05, 4.69) is 59.7 Å². The molecule has 0 aliphatic heterocycles. The Labute approximate surface area is 142 Å². The second-order valence-electron chi connectivity index (χ2n) is 4.85. The molecule has 0 amide bonds. The summed E-state index contributed by atoms with van der Waals surface area (Å²) in [6.45, 7) is 6.45. The van der Waals surface area contributed by atoms with Gasteiger partial charge in [0.25, 0.3) is 0 Å². The molecule has 1 unspecified atom stereocenters. The maximum absolute atomic E-state index is 5.74. The van der Waals surface area contributed by atoms with E-state index in [0.29, 0.717) is 12.6 Å². The molecule has 4 nitrogen and oxygen atoms in total. The minimum atomic E-state index is 0.339. The molecule has 0 bridgehead atoms. The summed E-state index contributed by atoms with van der Waals surface area (Å²) >= 11 is 7.09. The number of nitrogens with zero attached hydrogens (tertiary/aromatic N) is 2. The number of ether oxygens (including phenoxy) is 1. The van der Waals surface area contributed by atoms with Crippen molar-refractivity contribution in [1.82, 2.24) is 14.9 Å². The van der Waals surface area contributed by atoms with Gasteiger partial charge in [-0.15, -0.1) is 0 Å². The van der Waals surface area contributed by atoms with Crippen LogP contribution >= 0.6 is 31.9 Å². The molecule has 0 aliphatic carbocycles. The predicted molar refractivity (Wildman–Crippen MR) is 91.5 cm³/mol. The molecule has 6 heteroatoms. The normalized spacial score (nSPS) is 12.4. The van der Waals surface area contributed by atoms with Crippen LogP contribution in [0.4, 0.5) is 0 Å². The van der Waals surface area contributed by atoms with E-state index in [4.69, 9.17) is 4.74 Å². The van der Waals surface area contributed by atoms with Crippen LogP contribution in [0.2, 0.25) is 0 Å². The van der Waals surface area contributed by atoms with Crippen molar-refractivity contribution in [1.29, 1.82) is 0 Å². The average Bonchev–Trinajstić information content (AvgIpc) is 2.92. The highest BCUT2D eigenvalue weighted by atomic mass is 79.9. The van der Waals surface area contributed by atoms with Crippen molar-refractivity contribution in [2.75, 3.05) is 6.61 Å². The standard InChI is InChI=1S/C15H19Br2N3O/c1-3-21-15-12(6-13(16)7-14(15)17)8-19-11(2)9-20-5-4-18-10-20/h4-7,10-11,19H,3,8-9H2,1-2H3. The van der Waals surface area contributed by atoms with Crippen LogP contribution in [0.3, 0.4) is 0 Å². The summed E-state index contributed by atoms with van der Waals surface area (Å²) < 4.78 is 9.81. The molecule has 2 rings (SSSR count). The summed E-state index contributed by atoms with van der Waals surface area (Å²) in [5, 5.41) is 3.52. The zero-order valence-electron chi connectivity index (χ0n) is 12.1. The van der Waals surface area contributed by atoms with Gasteiger partial charge in [0.1, 0.15) is 5.75 Å². The second-order valence-corrected chi connectivity index (χ2v) is 6.62. The molecule has 0 aliphatic rings. The maximum atomic E-state index is 5.74. The monoisotopic (exact) mass is 415 g/mol. The summed E-state index contributed by atoms with van der Waals surface area (Å²) in [5.74, 6) is 0.906. The van der Waals surface area contributed by atoms with E-state index in [1.165, 1.54) is 0 Å². The molecule has 0 spiro atoms. The van der Waals surface area contributed by atoms with Gasteiger partial charge in [0, 0.05) is 41.6 Å². The highest BCUT2D eigenvalue weighted by molar-refractivity contribution is 9.11. The van der Waals surface area contributed by atoms with Gasteiger partial charge < -0.3 is 14.6 Å². The zero-order chi connectivity index (χ0) is 15.2. The molecule has 114 valence electrons. The van der Waals surface area contributed by atoms with Crippen molar-refractivity contribution in [2.45, 2.75) is 33.0 Å². The lowest BCUT2D eigenvalue weighted by Crippen LogP contribution is -2.29. The largest absolute Gasteiger partial charge is 0.492 e. The van der Waals surface area contributed by atoms with Crippen molar-refractivity contribution >= 4 is 31.9 Å². The fourth-order valence-corrected chi connectivity index (χ4v) is 3.54. The Hall–Kier alpha value is -0.850. The molecule has 1 aromatic carbocycles. The van der Waals surface area contributed by atoms with E-state index < -0.39 is 0 Å². The quantitative estimate of drug-likeness (QED) is 0.741. The Bertz CT molecular complexity index is 573. The van der Waals surface area contributed by atoms with Gasteiger partial charge in [-0.2, -0.15) is 0 Å². The number of imidazole rings is 1. The van der Waals surface area contributed by atoms with Crippen molar-refractivity contribution in [2.24, 2.45) is 0 Å². The van der Waals surface area contributed by atoms with Crippen LogP contribution < -0.4 is 10.1 Å². The molecular formula is C15H19Br2N3O. The number of rotatable bonds is 7. The summed E-state index contributed by atoms with van der Waals surface area (Å²) in [4.78, 5) is 4.06. The minimum Gasteiger partial charge on any atom is -0.492 e. The zero-order valence-corrected chi connectivity index (χ0v) is 15.3. The van der Waals surface area contributed by atoms with Crippen LogP contribution in [0.1, 0.15) is 19.4 Å². The molecule has 1 atom stereocenters. The fraction of sp³-hybridized carbons (Fsp3) is 0.400. The molecule has 0 saturated carbocycles. The Balaban J connectivity index is 2.01. The third-order valence-corrected chi connectivity index (χ3v) is 4.11. The maximum Gasteiger partial charge on any atom is 0.138 e. The van der Waals surface area contributed by atoms with Crippen LogP contribution in [0.15, 0.2) is 39.8 Å². The average molecular weight is 417 g/mol. The van der Waals surface area contributed by atoms with Gasteiger partial charge >= 0.3 is 0 Å². The number of hydrogen-bond acceptors (Lipinski definition) is 3. The van der Waals surface area contributed by atoms with E-state index >= 15 is 0 Å². The van der Waals surface area contributed by atoms with Gasteiger partial charge in [0.05, 0.1) is 17.4 Å². The molecule has 1 heterocycles. The lowest BCUT2D eigenvalue weighted by molar-refractivity contribution is 0.332. The first-order valence-electron chi connectivity index (χ1n) is 6.90. The van der Waals surface area contributed by atoms with Gasteiger partial charge in [-0.3, -0.25) is 0 Å². The summed E-state index contributed by atoms with van der Waals surface area (Å²) in [7, 11) is 0. The van der Waals surface area contributed by atoms with Crippen molar-refractivity contribution < 1.29 is 4.74 Å². The highest BCUT2D eigenvalue weighted by Gasteiger charge is 2.11. The van der Waals surface area contributed by atoms with Gasteiger partial charge in [-0.25, -0.2) is 4.98 Å². The van der Waals surface area contributed by atoms with Crippen molar-refractivity contribution in [3.05, 3.63) is 45.4 Å². The fourth-order valence-electron chi connectivity index (χ4n) is 2.11. The first-order valence-corrected chi connectivity index (χ1v) is 8.48. The molecule has 0 radical (unpaired) electrons. The number of aromatic nitrogens is 2. The summed E-state index contributed by atoms with van der Waals surface area (Å²) in [5.41, 5.74) is 1.13. The number of halogens is 2. The molecule has 0 saturated heterocycles. The highest BCUT2D eigenvalue weighted by Crippen LogP contribution is 2.33. The van der Waals surface area contributed by atoms with Gasteiger partial charge in [0.15, 0.2) is 0 Å². The molecule has 2 aromatic rings. The van der Waals surface area contributed by atoms with Gasteiger partial charge in [-0.1, -0.05) is 15.9 Å². The van der Waals surface area contributed by atoms with E-state index in [1.807, 2.05) is 25.5 Å². The Morgan fingerprint density at radius 1 is 1.38 bits per heavy atom. The Kier molecular flexibility index (Phi) is 6.26. The van der Waals surface area contributed by atoms with E-state index in [0.717, 1.165) is 33.3 Å². The number of nitrogens with one attached hydrogen (secondary N) is 1. The van der Waals surface area contributed by atoms with E-state index in [1.54, 1.807) is 6.20 Å². The van der Waals surface area contributed by atoms with E-state index in [-0.39, 0.29) is 0 Å². The van der Waals surface area contributed by atoms with Crippen LogP contribution in [0, 0.1) is 0 Å². The van der Waals surface area contributed by atoms with Crippen molar-refractivity contribution in [3.63, 3.8) is 0 Å². The molecular weight excluding hydrogens is 398 g/mol. The first kappa shape index (κ1) is 16.5. The minimum absolute atomic E-state index is 0.339. The topological polar surface area (TPSA) is 39.1 Å². The summed E-state index contributed by atoms with van der Waals surface area (Å²) in [6.07, 6.45) is 5.60. The Morgan fingerprint density at radius 3 is 2.86 bits per heavy atom. The molecule has 21 heavy (non-hydrogen) atoms. The molecule has 0 fully saturated rings. The van der Waals surface area contributed by atoms with Crippen LogP contribution in [0.25, 0.3) is 0 Å². The van der Waals surface area contributed by atoms with Crippen LogP contribution in [-0.2, 0) is 13.1 Å². The molecule has 1 N–H and O–H groups in total. The SMILES string of the molecule is CCOc1c(Br)cc(Br)cc1CNC(C)Cn1ccnc1. The Morgan fingerprint density at radius 2 is 2.19 bits per heavy atom. The lowest BCUT2D eigenvalue weighted by atomic mass is 10.2. The third kappa shape index (κ3) is 4.83. The van der Waals surface area contributed by atoms with Gasteiger partial charge in [0.2, 0.25) is 0 Å². The smallest absolute Gasteiger partial charge is 0.138 e. The molecule has 1 aromatic heterocycles. The third-order valence-electron chi connectivity index (χ3n) is 3.06. The second kappa shape index (κ2) is 7.96. The summed E-state index contributed by atoms with van der Waals surface area (Å²) in [6, 6.07) is 4.43. The van der Waals surface area contributed by atoms with Gasteiger partial charge in [-0.05, 0) is 41.9 Å².